The number of anilines is 2. The second-order valence-electron chi connectivity index (χ2n) is 7.00. The van der Waals surface area contributed by atoms with Crippen molar-refractivity contribution in [2.75, 3.05) is 22.5 Å². The SMILES string of the molecule is Cc1cc(C)c2c(n1)SCCN2C(=O)Nc1ccc(C(=O)NCc2cccs2)cc1. The van der Waals surface area contributed by atoms with E-state index >= 15 is 0 Å². The van der Waals surface area contributed by atoms with Gasteiger partial charge in [-0.05, 0) is 61.2 Å². The van der Waals surface area contributed by atoms with Gasteiger partial charge in [-0.25, -0.2) is 9.78 Å². The Morgan fingerprint density at radius 1 is 1.17 bits per heavy atom. The number of amides is 3. The van der Waals surface area contributed by atoms with Crippen LogP contribution in [-0.2, 0) is 6.54 Å². The number of aryl methyl sites for hydroxylation is 2. The summed E-state index contributed by atoms with van der Waals surface area (Å²) in [5.74, 6) is 0.667. The van der Waals surface area contributed by atoms with Crippen LogP contribution in [0.2, 0.25) is 0 Å². The largest absolute Gasteiger partial charge is 0.347 e. The highest BCUT2D eigenvalue weighted by molar-refractivity contribution is 7.99. The van der Waals surface area contributed by atoms with Crippen LogP contribution in [0.5, 0.6) is 0 Å². The number of nitrogens with zero attached hydrogens (tertiary/aromatic N) is 2. The minimum Gasteiger partial charge on any atom is -0.347 e. The minimum absolute atomic E-state index is 0.139. The molecule has 0 spiro atoms. The van der Waals surface area contributed by atoms with Crippen LogP contribution in [0.4, 0.5) is 16.2 Å². The first kappa shape index (κ1) is 20.4. The Morgan fingerprint density at radius 3 is 2.70 bits per heavy atom. The lowest BCUT2D eigenvalue weighted by molar-refractivity contribution is 0.0951. The molecule has 6 nitrogen and oxygen atoms in total. The monoisotopic (exact) mass is 438 g/mol. The number of pyridine rings is 1. The summed E-state index contributed by atoms with van der Waals surface area (Å²) in [5.41, 5.74) is 4.07. The maximum atomic E-state index is 12.9. The molecule has 0 radical (unpaired) electrons. The molecule has 3 aromatic rings. The number of carbonyl (C=O) groups excluding carboxylic acids is 2. The summed E-state index contributed by atoms with van der Waals surface area (Å²) in [5, 5.41) is 8.71. The third-order valence-corrected chi connectivity index (χ3v) is 6.57. The molecular formula is C22H22N4O2S2. The molecule has 2 N–H and O–H groups in total. The number of carbonyl (C=O) groups is 2. The van der Waals surface area contributed by atoms with E-state index in [9.17, 15) is 9.59 Å². The summed E-state index contributed by atoms with van der Waals surface area (Å²) < 4.78 is 0. The van der Waals surface area contributed by atoms with Gasteiger partial charge >= 0.3 is 6.03 Å². The van der Waals surface area contributed by atoms with Crippen LogP contribution >= 0.6 is 23.1 Å². The summed E-state index contributed by atoms with van der Waals surface area (Å²) in [6.45, 7) is 5.10. The Balaban J connectivity index is 1.42. The topological polar surface area (TPSA) is 74.3 Å². The van der Waals surface area contributed by atoms with Crippen molar-refractivity contribution >= 4 is 46.4 Å². The number of nitrogens with one attached hydrogen (secondary N) is 2. The van der Waals surface area contributed by atoms with Gasteiger partial charge in [0.25, 0.3) is 5.91 Å². The second kappa shape index (κ2) is 8.89. The van der Waals surface area contributed by atoms with Crippen molar-refractivity contribution in [1.82, 2.24) is 10.3 Å². The van der Waals surface area contributed by atoms with Crippen molar-refractivity contribution in [2.45, 2.75) is 25.4 Å². The minimum atomic E-state index is -0.194. The molecule has 1 aromatic carbocycles. The Kier molecular flexibility index (Phi) is 6.06. The van der Waals surface area contributed by atoms with Gasteiger partial charge in [-0.15, -0.1) is 23.1 Å². The van der Waals surface area contributed by atoms with E-state index < -0.39 is 0 Å². The molecule has 0 saturated carbocycles. The zero-order chi connectivity index (χ0) is 21.1. The third kappa shape index (κ3) is 4.49. The van der Waals surface area contributed by atoms with Gasteiger partial charge in [-0.1, -0.05) is 6.07 Å². The molecule has 0 unspecified atom stereocenters. The Bertz CT molecular complexity index is 1070. The van der Waals surface area contributed by atoms with Gasteiger partial charge in [0.05, 0.1) is 12.2 Å². The molecule has 154 valence electrons. The van der Waals surface area contributed by atoms with Crippen LogP contribution in [0.1, 0.15) is 26.5 Å². The normalized spacial score (nSPS) is 12.9. The average Bonchev–Trinajstić information content (AvgIpc) is 3.25. The molecule has 0 aliphatic carbocycles. The maximum Gasteiger partial charge on any atom is 0.326 e. The number of hydrogen-bond acceptors (Lipinski definition) is 5. The number of fused-ring (bicyclic) bond motifs is 1. The van der Waals surface area contributed by atoms with Crippen molar-refractivity contribution in [3.05, 3.63) is 69.5 Å². The third-order valence-electron chi connectivity index (χ3n) is 4.75. The molecule has 4 rings (SSSR count). The Morgan fingerprint density at radius 2 is 1.97 bits per heavy atom. The lowest BCUT2D eigenvalue weighted by atomic mass is 10.2. The Hall–Kier alpha value is -2.84. The van der Waals surface area contributed by atoms with Crippen LogP contribution in [0.25, 0.3) is 0 Å². The second-order valence-corrected chi connectivity index (χ2v) is 9.12. The quantitative estimate of drug-likeness (QED) is 0.612. The van der Waals surface area contributed by atoms with E-state index in [2.05, 4.69) is 15.6 Å². The summed E-state index contributed by atoms with van der Waals surface area (Å²) in [7, 11) is 0. The summed E-state index contributed by atoms with van der Waals surface area (Å²) in [4.78, 5) is 32.7. The van der Waals surface area contributed by atoms with Crippen molar-refractivity contribution < 1.29 is 9.59 Å². The van der Waals surface area contributed by atoms with Crippen LogP contribution in [0, 0.1) is 13.8 Å². The lowest BCUT2D eigenvalue weighted by Gasteiger charge is -2.30. The number of rotatable bonds is 4. The number of urea groups is 1. The maximum absolute atomic E-state index is 12.9. The zero-order valence-electron chi connectivity index (χ0n) is 16.8. The van der Waals surface area contributed by atoms with Crippen molar-refractivity contribution in [3.8, 4) is 0 Å². The van der Waals surface area contributed by atoms with E-state index in [1.807, 2.05) is 37.4 Å². The number of thioether (sulfide) groups is 1. The van der Waals surface area contributed by atoms with Gasteiger partial charge in [0.15, 0.2) is 0 Å². The van der Waals surface area contributed by atoms with Crippen LogP contribution < -0.4 is 15.5 Å². The van der Waals surface area contributed by atoms with Crippen molar-refractivity contribution in [1.29, 1.82) is 0 Å². The summed E-state index contributed by atoms with van der Waals surface area (Å²) >= 11 is 3.28. The molecule has 8 heteroatoms. The van der Waals surface area contributed by atoms with Gasteiger partial charge in [-0.3, -0.25) is 9.69 Å². The van der Waals surface area contributed by atoms with E-state index in [1.165, 1.54) is 0 Å². The fraction of sp³-hybridized carbons (Fsp3) is 0.227. The van der Waals surface area contributed by atoms with Gasteiger partial charge in [0.2, 0.25) is 0 Å². The van der Waals surface area contributed by atoms with Crippen LogP contribution in [0.3, 0.4) is 0 Å². The highest BCUT2D eigenvalue weighted by Gasteiger charge is 2.26. The molecule has 0 atom stereocenters. The van der Waals surface area contributed by atoms with E-state index in [-0.39, 0.29) is 11.9 Å². The molecule has 0 bridgehead atoms. The van der Waals surface area contributed by atoms with Crippen molar-refractivity contribution in [2.24, 2.45) is 0 Å². The fourth-order valence-electron chi connectivity index (χ4n) is 3.35. The predicted octanol–water partition coefficient (Wildman–Crippen LogP) is 4.83. The van der Waals surface area contributed by atoms with E-state index in [0.29, 0.717) is 24.3 Å². The average molecular weight is 439 g/mol. The lowest BCUT2D eigenvalue weighted by Crippen LogP contribution is -2.39. The first-order valence-corrected chi connectivity index (χ1v) is 11.5. The van der Waals surface area contributed by atoms with E-state index in [4.69, 9.17) is 0 Å². The van der Waals surface area contributed by atoms with Crippen molar-refractivity contribution in [3.63, 3.8) is 0 Å². The van der Waals surface area contributed by atoms with Gasteiger partial charge < -0.3 is 10.6 Å². The first-order chi connectivity index (χ1) is 14.5. The number of hydrogen-bond donors (Lipinski definition) is 2. The summed E-state index contributed by atoms with van der Waals surface area (Å²) in [6, 6.07) is 12.7. The molecule has 1 aliphatic heterocycles. The zero-order valence-corrected chi connectivity index (χ0v) is 18.4. The number of benzene rings is 1. The fourth-order valence-corrected chi connectivity index (χ4v) is 5.08. The molecular weight excluding hydrogens is 416 g/mol. The molecule has 0 saturated heterocycles. The van der Waals surface area contributed by atoms with Gasteiger partial charge in [-0.2, -0.15) is 0 Å². The Labute approximate surface area is 183 Å². The molecule has 2 aromatic heterocycles. The molecule has 3 amide bonds. The number of aromatic nitrogens is 1. The summed E-state index contributed by atoms with van der Waals surface area (Å²) in [6.07, 6.45) is 0. The van der Waals surface area contributed by atoms with E-state index in [1.54, 1.807) is 52.3 Å². The standard InChI is InChI=1S/C22H22N4O2S2/c1-14-12-15(2)24-21-19(14)26(9-11-30-21)22(28)25-17-7-5-16(6-8-17)20(27)23-13-18-4-3-10-29-18/h3-8,10,12H,9,11,13H2,1-2H3,(H,23,27)(H,25,28). The molecule has 0 fully saturated rings. The smallest absolute Gasteiger partial charge is 0.326 e. The van der Waals surface area contributed by atoms with Crippen LogP contribution in [-0.4, -0.2) is 29.2 Å². The molecule has 3 heterocycles. The van der Waals surface area contributed by atoms with E-state index in [0.717, 1.165) is 32.6 Å². The van der Waals surface area contributed by atoms with Gasteiger partial charge in [0, 0.05) is 34.1 Å². The first-order valence-electron chi connectivity index (χ1n) is 9.61. The number of thiophene rings is 1. The molecule has 1 aliphatic rings. The van der Waals surface area contributed by atoms with Gasteiger partial charge in [0.1, 0.15) is 5.03 Å². The highest BCUT2D eigenvalue weighted by Crippen LogP contribution is 2.36. The highest BCUT2D eigenvalue weighted by atomic mass is 32.2. The predicted molar refractivity (Wildman–Crippen MR) is 123 cm³/mol. The van der Waals surface area contributed by atoms with Crippen LogP contribution in [0.15, 0.2) is 52.9 Å². The molecule has 30 heavy (non-hydrogen) atoms.